The smallest absolute Gasteiger partial charge is 0.273 e. The number of nitro benzene ring substituents is 1. The Hall–Kier alpha value is -2.61. The molecule has 2 heterocycles. The molecule has 0 radical (unpaired) electrons. The van der Waals surface area contributed by atoms with Crippen molar-refractivity contribution in [3.63, 3.8) is 0 Å². The first-order valence-electron chi connectivity index (χ1n) is 8.31. The molecule has 1 aromatic heterocycles. The van der Waals surface area contributed by atoms with Crippen LogP contribution in [0.2, 0.25) is 5.02 Å². The van der Waals surface area contributed by atoms with Crippen LogP contribution in [0.15, 0.2) is 24.4 Å². The first-order chi connectivity index (χ1) is 12.4. The van der Waals surface area contributed by atoms with Gasteiger partial charge in [-0.3, -0.25) is 10.1 Å². The number of piperazine rings is 1. The summed E-state index contributed by atoms with van der Waals surface area (Å²) in [6, 6.07) is 5.14. The van der Waals surface area contributed by atoms with Gasteiger partial charge in [-0.15, -0.1) is 0 Å². The number of nitro groups is 1. The SMILES string of the molecule is Cc1cc(N2CCN(c3ccnc(N(C)C)n3)CC2)c(Cl)cc1[N+](=O)[O-]. The first-order valence-corrected chi connectivity index (χ1v) is 8.69. The van der Waals surface area contributed by atoms with E-state index in [1.807, 2.05) is 25.1 Å². The van der Waals surface area contributed by atoms with Crippen molar-refractivity contribution >= 4 is 34.7 Å². The maximum Gasteiger partial charge on any atom is 0.273 e. The third-order valence-corrected chi connectivity index (χ3v) is 4.74. The van der Waals surface area contributed by atoms with E-state index in [1.165, 1.54) is 6.07 Å². The van der Waals surface area contributed by atoms with Gasteiger partial charge >= 0.3 is 0 Å². The van der Waals surface area contributed by atoms with E-state index in [9.17, 15) is 10.1 Å². The molecular weight excluding hydrogens is 356 g/mol. The molecule has 1 aliphatic rings. The quantitative estimate of drug-likeness (QED) is 0.599. The summed E-state index contributed by atoms with van der Waals surface area (Å²) >= 11 is 6.30. The number of rotatable bonds is 4. The molecule has 1 fully saturated rings. The molecule has 8 nitrogen and oxygen atoms in total. The zero-order valence-electron chi connectivity index (χ0n) is 15.0. The van der Waals surface area contributed by atoms with E-state index in [0.717, 1.165) is 37.7 Å². The molecule has 0 aliphatic carbocycles. The van der Waals surface area contributed by atoms with Gasteiger partial charge in [-0.1, -0.05) is 11.6 Å². The molecule has 0 N–H and O–H groups in total. The van der Waals surface area contributed by atoms with E-state index in [4.69, 9.17) is 11.6 Å². The van der Waals surface area contributed by atoms with Crippen molar-refractivity contribution in [2.75, 3.05) is 55.0 Å². The summed E-state index contributed by atoms with van der Waals surface area (Å²) in [7, 11) is 3.83. The van der Waals surface area contributed by atoms with Crippen LogP contribution in [0.5, 0.6) is 0 Å². The van der Waals surface area contributed by atoms with Crippen LogP contribution >= 0.6 is 11.6 Å². The number of hydrogen-bond donors (Lipinski definition) is 0. The van der Waals surface area contributed by atoms with Crippen molar-refractivity contribution in [3.8, 4) is 0 Å². The number of halogens is 1. The van der Waals surface area contributed by atoms with E-state index < -0.39 is 4.92 Å². The molecule has 0 spiro atoms. The minimum atomic E-state index is -0.402. The lowest BCUT2D eigenvalue weighted by molar-refractivity contribution is -0.385. The molecule has 1 aromatic carbocycles. The summed E-state index contributed by atoms with van der Waals surface area (Å²) in [5, 5.41) is 11.5. The van der Waals surface area contributed by atoms with E-state index in [2.05, 4.69) is 19.8 Å². The molecule has 9 heteroatoms. The normalized spacial score (nSPS) is 14.5. The summed E-state index contributed by atoms with van der Waals surface area (Å²) in [5.41, 5.74) is 1.50. The lowest BCUT2D eigenvalue weighted by Crippen LogP contribution is -2.47. The standard InChI is InChI=1S/C17H21ClN6O2/c1-12-10-15(13(18)11-14(12)24(25)26)22-6-8-23(9-7-22)16-4-5-19-17(20-16)21(2)3/h4-5,10-11H,6-9H2,1-3H3. The highest BCUT2D eigenvalue weighted by Crippen LogP contribution is 2.33. The van der Waals surface area contributed by atoms with E-state index in [1.54, 1.807) is 19.2 Å². The Morgan fingerprint density at radius 3 is 2.46 bits per heavy atom. The first kappa shape index (κ1) is 18.2. The number of anilines is 3. The predicted octanol–water partition coefficient (Wildman–Crippen LogP) is 2.74. The van der Waals surface area contributed by atoms with Crippen molar-refractivity contribution in [2.24, 2.45) is 0 Å². The highest BCUT2D eigenvalue weighted by molar-refractivity contribution is 6.33. The van der Waals surface area contributed by atoms with Gasteiger partial charge < -0.3 is 14.7 Å². The lowest BCUT2D eigenvalue weighted by atomic mass is 10.1. The van der Waals surface area contributed by atoms with Gasteiger partial charge in [0.25, 0.3) is 5.69 Å². The van der Waals surface area contributed by atoms with Crippen molar-refractivity contribution in [2.45, 2.75) is 6.92 Å². The van der Waals surface area contributed by atoms with Crippen LogP contribution in [0.3, 0.4) is 0 Å². The Labute approximate surface area is 157 Å². The third-order valence-electron chi connectivity index (χ3n) is 4.43. The zero-order valence-corrected chi connectivity index (χ0v) is 15.8. The van der Waals surface area contributed by atoms with Crippen LogP contribution in [0, 0.1) is 17.0 Å². The van der Waals surface area contributed by atoms with Crippen molar-refractivity contribution in [3.05, 3.63) is 45.1 Å². The van der Waals surface area contributed by atoms with Crippen molar-refractivity contribution in [1.29, 1.82) is 0 Å². The van der Waals surface area contributed by atoms with Gasteiger partial charge in [-0.05, 0) is 19.1 Å². The molecule has 2 aromatic rings. The number of aryl methyl sites for hydroxylation is 1. The minimum absolute atomic E-state index is 0.0505. The molecule has 0 bridgehead atoms. The molecule has 138 valence electrons. The van der Waals surface area contributed by atoms with Crippen molar-refractivity contribution in [1.82, 2.24) is 9.97 Å². The average Bonchev–Trinajstić information content (AvgIpc) is 2.63. The van der Waals surface area contributed by atoms with Crippen LogP contribution in [0.25, 0.3) is 0 Å². The van der Waals surface area contributed by atoms with Crippen LogP contribution in [0.1, 0.15) is 5.56 Å². The van der Waals surface area contributed by atoms with Gasteiger partial charge in [0.05, 0.1) is 15.6 Å². The Morgan fingerprint density at radius 2 is 1.85 bits per heavy atom. The second kappa shape index (κ2) is 7.33. The van der Waals surface area contributed by atoms with Gasteiger partial charge in [-0.2, -0.15) is 4.98 Å². The van der Waals surface area contributed by atoms with E-state index in [0.29, 0.717) is 16.5 Å². The Morgan fingerprint density at radius 1 is 1.19 bits per heavy atom. The van der Waals surface area contributed by atoms with Gasteiger partial charge in [0.1, 0.15) is 5.82 Å². The molecule has 0 unspecified atom stereocenters. The van der Waals surface area contributed by atoms with Crippen LogP contribution in [-0.2, 0) is 0 Å². The molecule has 0 saturated carbocycles. The predicted molar refractivity (Wildman–Crippen MR) is 104 cm³/mol. The summed E-state index contributed by atoms with van der Waals surface area (Å²) in [6.45, 7) is 4.83. The van der Waals surface area contributed by atoms with Crippen LogP contribution in [0.4, 0.5) is 23.1 Å². The highest BCUT2D eigenvalue weighted by Gasteiger charge is 2.23. The fourth-order valence-corrected chi connectivity index (χ4v) is 3.28. The fourth-order valence-electron chi connectivity index (χ4n) is 3.00. The zero-order chi connectivity index (χ0) is 18.8. The Balaban J connectivity index is 1.74. The second-order valence-electron chi connectivity index (χ2n) is 6.43. The van der Waals surface area contributed by atoms with E-state index >= 15 is 0 Å². The summed E-state index contributed by atoms with van der Waals surface area (Å²) in [4.78, 5) is 25.7. The largest absolute Gasteiger partial charge is 0.367 e. The Bertz CT molecular complexity index is 821. The minimum Gasteiger partial charge on any atom is -0.367 e. The second-order valence-corrected chi connectivity index (χ2v) is 6.84. The van der Waals surface area contributed by atoms with Gasteiger partial charge in [0, 0.05) is 58.1 Å². The molecule has 1 saturated heterocycles. The van der Waals surface area contributed by atoms with Gasteiger partial charge in [-0.25, -0.2) is 4.98 Å². The maximum atomic E-state index is 11.0. The monoisotopic (exact) mass is 376 g/mol. The highest BCUT2D eigenvalue weighted by atomic mass is 35.5. The number of aromatic nitrogens is 2. The number of hydrogen-bond acceptors (Lipinski definition) is 7. The maximum absolute atomic E-state index is 11.0. The van der Waals surface area contributed by atoms with Gasteiger partial charge in [0.2, 0.25) is 5.95 Å². The van der Waals surface area contributed by atoms with Crippen LogP contribution in [-0.4, -0.2) is 55.2 Å². The molecule has 0 amide bonds. The number of nitrogens with zero attached hydrogens (tertiary/aromatic N) is 6. The number of benzene rings is 1. The van der Waals surface area contributed by atoms with Crippen LogP contribution < -0.4 is 14.7 Å². The van der Waals surface area contributed by atoms with Crippen molar-refractivity contribution < 1.29 is 4.92 Å². The van der Waals surface area contributed by atoms with Gasteiger partial charge in [0.15, 0.2) is 0 Å². The third kappa shape index (κ3) is 3.65. The average molecular weight is 377 g/mol. The fraction of sp³-hybridized carbons (Fsp3) is 0.412. The van der Waals surface area contributed by atoms with E-state index in [-0.39, 0.29) is 5.69 Å². The summed E-state index contributed by atoms with van der Waals surface area (Å²) in [5.74, 6) is 1.58. The molecular formula is C17H21ClN6O2. The molecule has 26 heavy (non-hydrogen) atoms. The summed E-state index contributed by atoms with van der Waals surface area (Å²) in [6.07, 6.45) is 1.76. The molecule has 3 rings (SSSR count). The lowest BCUT2D eigenvalue weighted by Gasteiger charge is -2.37. The Kier molecular flexibility index (Phi) is 5.13. The molecule has 0 atom stereocenters. The topological polar surface area (TPSA) is 78.6 Å². The summed E-state index contributed by atoms with van der Waals surface area (Å²) < 4.78 is 0. The molecule has 1 aliphatic heterocycles.